The molecular formula is C21H20FN3O3S. The lowest BCUT2D eigenvalue weighted by Gasteiger charge is -2.11. The van der Waals surface area contributed by atoms with E-state index in [1.807, 2.05) is 30.3 Å². The van der Waals surface area contributed by atoms with Crippen molar-refractivity contribution in [3.8, 4) is 5.69 Å². The van der Waals surface area contributed by atoms with Crippen LogP contribution in [0.3, 0.4) is 0 Å². The Bertz CT molecular complexity index is 975. The van der Waals surface area contributed by atoms with Crippen LogP contribution in [0.15, 0.2) is 60.8 Å². The number of nitrogens with one attached hydrogen (secondary N) is 1. The molecule has 150 valence electrons. The average Bonchev–Trinajstić information content (AvgIpc) is 3.14. The second-order valence-corrected chi connectivity index (χ2v) is 7.03. The summed E-state index contributed by atoms with van der Waals surface area (Å²) in [6.07, 6.45) is 1.38. The van der Waals surface area contributed by atoms with E-state index in [9.17, 15) is 14.0 Å². The van der Waals surface area contributed by atoms with Gasteiger partial charge in [-0.2, -0.15) is 5.10 Å². The summed E-state index contributed by atoms with van der Waals surface area (Å²) >= 11 is 1.39. The van der Waals surface area contributed by atoms with Gasteiger partial charge in [-0.05, 0) is 36.8 Å². The van der Waals surface area contributed by atoms with Gasteiger partial charge in [0.1, 0.15) is 11.4 Å². The Morgan fingerprint density at radius 2 is 1.86 bits per heavy atom. The lowest BCUT2D eigenvalue weighted by molar-refractivity contribution is -0.113. The molecule has 1 heterocycles. The van der Waals surface area contributed by atoms with Crippen molar-refractivity contribution in [2.24, 2.45) is 0 Å². The van der Waals surface area contributed by atoms with Crippen LogP contribution in [0.1, 0.15) is 22.8 Å². The first kappa shape index (κ1) is 20.6. The summed E-state index contributed by atoms with van der Waals surface area (Å²) in [4.78, 5) is 24.7. The second-order valence-electron chi connectivity index (χ2n) is 6.04. The van der Waals surface area contributed by atoms with Gasteiger partial charge in [0.15, 0.2) is 5.82 Å². The standard InChI is InChI=1S/C21H20FN3O3S/c1-2-28-21(27)18-12-23-25(17-6-4-3-5-7-17)20(18)24-19(26)14-29-13-15-8-10-16(22)11-9-15/h3-12H,2,13-14H2,1H3,(H,24,26). The minimum Gasteiger partial charge on any atom is -0.462 e. The Hall–Kier alpha value is -3.13. The number of hydrogen-bond acceptors (Lipinski definition) is 5. The Morgan fingerprint density at radius 3 is 2.55 bits per heavy atom. The molecule has 1 amide bonds. The molecule has 2 aromatic carbocycles. The molecule has 3 aromatic rings. The molecule has 1 aromatic heterocycles. The Kier molecular flexibility index (Phi) is 7.02. The van der Waals surface area contributed by atoms with Gasteiger partial charge in [-0.15, -0.1) is 11.8 Å². The van der Waals surface area contributed by atoms with Crippen molar-refractivity contribution in [1.82, 2.24) is 9.78 Å². The predicted octanol–water partition coefficient (Wildman–Crippen LogP) is 4.06. The van der Waals surface area contributed by atoms with Crippen LogP contribution in [0.4, 0.5) is 10.2 Å². The number of esters is 1. The highest BCUT2D eigenvalue weighted by Gasteiger charge is 2.21. The monoisotopic (exact) mass is 413 g/mol. The van der Waals surface area contributed by atoms with Gasteiger partial charge >= 0.3 is 5.97 Å². The Labute approximate surface area is 172 Å². The summed E-state index contributed by atoms with van der Waals surface area (Å²) in [5, 5.41) is 7.01. The first-order chi connectivity index (χ1) is 14.1. The van der Waals surface area contributed by atoms with Crippen LogP contribution in [-0.4, -0.2) is 34.0 Å². The molecule has 29 heavy (non-hydrogen) atoms. The number of halogens is 1. The molecule has 8 heteroatoms. The largest absolute Gasteiger partial charge is 0.462 e. The van der Waals surface area contributed by atoms with E-state index >= 15 is 0 Å². The molecule has 0 radical (unpaired) electrons. The van der Waals surface area contributed by atoms with Gasteiger partial charge < -0.3 is 10.1 Å². The molecule has 0 atom stereocenters. The minimum atomic E-state index is -0.552. The quantitative estimate of drug-likeness (QED) is 0.564. The van der Waals surface area contributed by atoms with Gasteiger partial charge in [-0.1, -0.05) is 30.3 Å². The third-order valence-electron chi connectivity index (χ3n) is 3.94. The fourth-order valence-electron chi connectivity index (χ4n) is 2.60. The van der Waals surface area contributed by atoms with Gasteiger partial charge in [-0.25, -0.2) is 13.9 Å². The second kappa shape index (κ2) is 9.88. The number of carbonyl (C=O) groups is 2. The molecule has 0 aliphatic heterocycles. The van der Waals surface area contributed by atoms with Crippen LogP contribution in [0.5, 0.6) is 0 Å². The first-order valence-electron chi connectivity index (χ1n) is 9.01. The highest BCUT2D eigenvalue weighted by molar-refractivity contribution is 7.99. The maximum Gasteiger partial charge on any atom is 0.343 e. The topological polar surface area (TPSA) is 73.2 Å². The van der Waals surface area contributed by atoms with Crippen LogP contribution in [0.25, 0.3) is 5.69 Å². The molecule has 0 fully saturated rings. The number of ether oxygens (including phenoxy) is 1. The van der Waals surface area contributed by atoms with Gasteiger partial charge in [0.05, 0.1) is 24.2 Å². The zero-order valence-corrected chi connectivity index (χ0v) is 16.6. The number of rotatable bonds is 8. The van der Waals surface area contributed by atoms with Crippen molar-refractivity contribution >= 4 is 29.5 Å². The normalized spacial score (nSPS) is 10.6. The Morgan fingerprint density at radius 1 is 1.14 bits per heavy atom. The molecule has 0 bridgehead atoms. The molecule has 0 spiro atoms. The number of nitrogens with zero attached hydrogens (tertiary/aromatic N) is 2. The number of para-hydroxylation sites is 1. The molecule has 6 nitrogen and oxygen atoms in total. The number of carbonyl (C=O) groups excluding carboxylic acids is 2. The van der Waals surface area contributed by atoms with Crippen molar-refractivity contribution < 1.29 is 18.7 Å². The van der Waals surface area contributed by atoms with Crippen LogP contribution < -0.4 is 5.32 Å². The summed E-state index contributed by atoms with van der Waals surface area (Å²) in [6, 6.07) is 15.3. The number of amides is 1. The average molecular weight is 413 g/mol. The predicted molar refractivity (Wildman–Crippen MR) is 111 cm³/mol. The molecule has 1 N–H and O–H groups in total. The van der Waals surface area contributed by atoms with Crippen LogP contribution in [-0.2, 0) is 15.3 Å². The van der Waals surface area contributed by atoms with E-state index in [0.717, 1.165) is 5.56 Å². The number of benzene rings is 2. The van der Waals surface area contributed by atoms with Gasteiger partial charge in [-0.3, -0.25) is 4.79 Å². The molecular weight excluding hydrogens is 393 g/mol. The van der Waals surface area contributed by atoms with Crippen LogP contribution in [0.2, 0.25) is 0 Å². The van der Waals surface area contributed by atoms with Crippen molar-refractivity contribution in [1.29, 1.82) is 0 Å². The minimum absolute atomic E-state index is 0.166. The van der Waals surface area contributed by atoms with Gasteiger partial charge in [0, 0.05) is 5.75 Å². The zero-order valence-electron chi connectivity index (χ0n) is 15.8. The first-order valence-corrected chi connectivity index (χ1v) is 10.2. The van der Waals surface area contributed by atoms with Crippen molar-refractivity contribution in [2.45, 2.75) is 12.7 Å². The SMILES string of the molecule is CCOC(=O)c1cnn(-c2ccccc2)c1NC(=O)CSCc1ccc(F)cc1. The fraction of sp³-hybridized carbons (Fsp3) is 0.190. The lowest BCUT2D eigenvalue weighted by atomic mass is 10.2. The lowest BCUT2D eigenvalue weighted by Crippen LogP contribution is -2.19. The highest BCUT2D eigenvalue weighted by atomic mass is 32.2. The van der Waals surface area contributed by atoms with Crippen LogP contribution in [0, 0.1) is 5.82 Å². The third kappa shape index (κ3) is 5.45. The summed E-state index contributed by atoms with van der Waals surface area (Å²) in [7, 11) is 0. The maximum absolute atomic E-state index is 13.0. The van der Waals surface area contributed by atoms with E-state index in [4.69, 9.17) is 4.74 Å². The van der Waals surface area contributed by atoms with Crippen LogP contribution >= 0.6 is 11.8 Å². The third-order valence-corrected chi connectivity index (χ3v) is 4.94. The van der Waals surface area contributed by atoms with Gasteiger partial charge in [0.2, 0.25) is 5.91 Å². The zero-order chi connectivity index (χ0) is 20.6. The molecule has 0 aliphatic carbocycles. The summed E-state index contributed by atoms with van der Waals surface area (Å²) in [6.45, 7) is 1.93. The number of anilines is 1. The van der Waals surface area contributed by atoms with E-state index in [2.05, 4.69) is 10.4 Å². The number of hydrogen-bond donors (Lipinski definition) is 1. The van der Waals surface area contributed by atoms with E-state index in [1.165, 1.54) is 34.8 Å². The summed E-state index contributed by atoms with van der Waals surface area (Å²) in [5.74, 6) is -0.126. The smallest absolute Gasteiger partial charge is 0.343 e. The molecule has 3 rings (SSSR count). The highest BCUT2D eigenvalue weighted by Crippen LogP contribution is 2.22. The van der Waals surface area contributed by atoms with E-state index in [0.29, 0.717) is 11.4 Å². The summed E-state index contributed by atoms with van der Waals surface area (Å²) < 4.78 is 19.5. The Balaban J connectivity index is 1.72. The van der Waals surface area contributed by atoms with Gasteiger partial charge in [0.25, 0.3) is 0 Å². The fourth-order valence-corrected chi connectivity index (χ4v) is 3.39. The molecule has 0 saturated carbocycles. The number of aromatic nitrogens is 2. The molecule has 0 unspecified atom stereocenters. The van der Waals surface area contributed by atoms with Crippen molar-refractivity contribution in [2.75, 3.05) is 17.7 Å². The maximum atomic E-state index is 13.0. The van der Waals surface area contributed by atoms with E-state index < -0.39 is 5.97 Å². The van der Waals surface area contributed by atoms with E-state index in [-0.39, 0.29) is 35.5 Å². The molecule has 0 aliphatic rings. The number of thioether (sulfide) groups is 1. The van der Waals surface area contributed by atoms with Crippen molar-refractivity contribution in [3.63, 3.8) is 0 Å². The molecule has 0 saturated heterocycles. The van der Waals surface area contributed by atoms with Crippen molar-refractivity contribution in [3.05, 3.63) is 77.7 Å². The van der Waals surface area contributed by atoms with E-state index in [1.54, 1.807) is 19.1 Å². The summed E-state index contributed by atoms with van der Waals surface area (Å²) in [5.41, 5.74) is 1.82.